The summed E-state index contributed by atoms with van der Waals surface area (Å²) < 4.78 is 17.4. The maximum absolute atomic E-state index is 15.3. The summed E-state index contributed by atoms with van der Waals surface area (Å²) in [5.41, 5.74) is 11.4. The number of amides is 2. The number of nitrogens with one attached hydrogen (secondary N) is 1. The van der Waals surface area contributed by atoms with E-state index in [1.54, 1.807) is 6.92 Å². The van der Waals surface area contributed by atoms with Crippen LogP contribution in [0.15, 0.2) is 15.7 Å². The number of urea groups is 1. The summed E-state index contributed by atoms with van der Waals surface area (Å²) in [5, 5.41) is 2.62. The van der Waals surface area contributed by atoms with Gasteiger partial charge in [0.05, 0.1) is 16.6 Å². The zero-order valence-electron chi connectivity index (χ0n) is 17.6. The van der Waals surface area contributed by atoms with Gasteiger partial charge in [-0.3, -0.25) is 9.36 Å². The van der Waals surface area contributed by atoms with Gasteiger partial charge in [0.15, 0.2) is 0 Å². The van der Waals surface area contributed by atoms with Gasteiger partial charge in [-0.25, -0.2) is 14.0 Å². The Labute approximate surface area is 177 Å². The van der Waals surface area contributed by atoms with Crippen LogP contribution in [0.5, 0.6) is 0 Å². The standard InChI is InChI=1S/C20H28FN7O3/c1-9-7-26(8-13(9)15(22)6-25-19(23)30)17-10(2)16-12(5-14(17)21)18(29)28(24)20(31)27(16)11-3-4-11/h5,9,11,13,15H,3-4,6-8,22,24H2,1-2H3,(H3,23,25,30)/t9-,13-,15+/m0/s1. The predicted octanol–water partition coefficient (Wildman–Crippen LogP) is -0.273. The second-order valence-electron chi connectivity index (χ2n) is 8.74. The van der Waals surface area contributed by atoms with Crippen LogP contribution in [0, 0.1) is 24.6 Å². The predicted molar refractivity (Wildman–Crippen MR) is 116 cm³/mol. The van der Waals surface area contributed by atoms with Crippen molar-refractivity contribution in [2.24, 2.45) is 23.3 Å². The molecule has 2 aliphatic rings. The topological polar surface area (TPSA) is 154 Å². The van der Waals surface area contributed by atoms with Crippen LogP contribution < -0.4 is 38.8 Å². The molecule has 4 rings (SSSR count). The minimum atomic E-state index is -0.710. The molecular weight excluding hydrogens is 405 g/mol. The van der Waals surface area contributed by atoms with E-state index in [1.165, 1.54) is 10.6 Å². The zero-order valence-corrected chi connectivity index (χ0v) is 17.6. The Morgan fingerprint density at radius 1 is 1.32 bits per heavy atom. The molecule has 1 aromatic heterocycles. The van der Waals surface area contributed by atoms with Crippen molar-refractivity contribution in [3.8, 4) is 0 Å². The lowest BCUT2D eigenvalue weighted by molar-refractivity contribution is 0.246. The Morgan fingerprint density at radius 3 is 2.61 bits per heavy atom. The highest BCUT2D eigenvalue weighted by Crippen LogP contribution is 2.40. The average molecular weight is 433 g/mol. The lowest BCUT2D eigenvalue weighted by Gasteiger charge is -2.25. The van der Waals surface area contributed by atoms with Gasteiger partial charge in [-0.05, 0) is 37.7 Å². The fraction of sp³-hybridized carbons (Fsp3) is 0.550. The quantitative estimate of drug-likeness (QED) is 0.476. The highest BCUT2D eigenvalue weighted by atomic mass is 19.1. The van der Waals surface area contributed by atoms with Crippen LogP contribution in [0.3, 0.4) is 0 Å². The summed E-state index contributed by atoms with van der Waals surface area (Å²) in [6.07, 6.45) is 1.62. The van der Waals surface area contributed by atoms with Gasteiger partial charge in [-0.2, -0.15) is 4.68 Å². The minimum Gasteiger partial charge on any atom is -0.368 e. The Balaban J connectivity index is 1.78. The number of rotatable bonds is 5. The maximum Gasteiger partial charge on any atom is 0.350 e. The average Bonchev–Trinajstić information content (AvgIpc) is 3.47. The van der Waals surface area contributed by atoms with Gasteiger partial charge in [0, 0.05) is 37.3 Å². The summed E-state index contributed by atoms with van der Waals surface area (Å²) in [5.74, 6) is 5.28. The summed E-state index contributed by atoms with van der Waals surface area (Å²) in [6, 6.07) is 0.151. The van der Waals surface area contributed by atoms with Crippen LogP contribution in [0.2, 0.25) is 0 Å². The SMILES string of the molecule is Cc1c(N2C[C@H]([C@H](N)CNC(N)=O)[C@@H](C)C2)c(F)cc2c(=O)n(N)c(=O)n(C3CC3)c12. The summed E-state index contributed by atoms with van der Waals surface area (Å²) >= 11 is 0. The first kappa shape index (κ1) is 21.2. The van der Waals surface area contributed by atoms with Gasteiger partial charge in [0.2, 0.25) is 0 Å². The van der Waals surface area contributed by atoms with Gasteiger partial charge in [0.1, 0.15) is 5.82 Å². The van der Waals surface area contributed by atoms with E-state index in [1.807, 2.05) is 11.8 Å². The monoisotopic (exact) mass is 433 g/mol. The van der Waals surface area contributed by atoms with Crippen LogP contribution in [0.1, 0.15) is 31.4 Å². The molecule has 2 aromatic rings. The lowest BCUT2D eigenvalue weighted by Crippen LogP contribution is -2.46. The highest BCUT2D eigenvalue weighted by Gasteiger charge is 2.37. The van der Waals surface area contributed by atoms with E-state index < -0.39 is 23.1 Å². The van der Waals surface area contributed by atoms with Crippen molar-refractivity contribution in [1.82, 2.24) is 14.6 Å². The lowest BCUT2D eigenvalue weighted by atomic mass is 9.91. The first-order chi connectivity index (χ1) is 14.6. The number of carbonyl (C=O) groups is 1. The van der Waals surface area contributed by atoms with Gasteiger partial charge >= 0.3 is 11.7 Å². The summed E-state index contributed by atoms with van der Waals surface area (Å²) in [7, 11) is 0. The summed E-state index contributed by atoms with van der Waals surface area (Å²) in [4.78, 5) is 38.2. The molecule has 3 atom stereocenters. The molecule has 2 fully saturated rings. The van der Waals surface area contributed by atoms with E-state index in [2.05, 4.69) is 5.32 Å². The van der Waals surface area contributed by atoms with Crippen molar-refractivity contribution in [3.63, 3.8) is 0 Å². The molecule has 1 saturated carbocycles. The van der Waals surface area contributed by atoms with E-state index in [0.29, 0.717) is 34.5 Å². The molecule has 1 aliphatic heterocycles. The Kier molecular flexibility index (Phi) is 5.16. The van der Waals surface area contributed by atoms with Gasteiger partial charge < -0.3 is 27.5 Å². The molecule has 1 aromatic carbocycles. The zero-order chi connectivity index (χ0) is 22.6. The van der Waals surface area contributed by atoms with Crippen LogP contribution in [-0.4, -0.2) is 41.0 Å². The smallest absolute Gasteiger partial charge is 0.350 e. The largest absolute Gasteiger partial charge is 0.368 e. The van der Waals surface area contributed by atoms with Gasteiger partial charge in [0.25, 0.3) is 5.56 Å². The number of nitrogens with two attached hydrogens (primary N) is 3. The molecule has 10 nitrogen and oxygen atoms in total. The molecule has 0 radical (unpaired) electrons. The van der Waals surface area contributed by atoms with Crippen LogP contribution in [-0.2, 0) is 0 Å². The molecule has 2 amide bonds. The Morgan fingerprint density at radius 2 is 2.00 bits per heavy atom. The number of nitrogen functional groups attached to an aromatic ring is 1. The van der Waals surface area contributed by atoms with Gasteiger partial charge in [-0.1, -0.05) is 6.92 Å². The van der Waals surface area contributed by atoms with Crippen molar-refractivity contribution in [2.75, 3.05) is 30.4 Å². The molecule has 7 N–H and O–H groups in total. The third kappa shape index (κ3) is 3.52. The molecule has 0 spiro atoms. The third-order valence-corrected chi connectivity index (χ3v) is 6.53. The number of fused-ring (bicyclic) bond motifs is 1. The minimum absolute atomic E-state index is 0.00372. The maximum atomic E-state index is 15.3. The molecule has 1 aliphatic carbocycles. The third-order valence-electron chi connectivity index (χ3n) is 6.53. The molecule has 168 valence electrons. The number of primary amides is 1. The number of aromatic nitrogens is 2. The summed E-state index contributed by atoms with van der Waals surface area (Å²) in [6.45, 7) is 5.02. The second-order valence-corrected chi connectivity index (χ2v) is 8.74. The molecule has 0 bridgehead atoms. The van der Waals surface area contributed by atoms with Crippen molar-refractivity contribution >= 4 is 22.6 Å². The Hall–Kier alpha value is -3.08. The highest BCUT2D eigenvalue weighted by molar-refractivity contribution is 5.87. The van der Waals surface area contributed by atoms with Crippen LogP contribution in [0.25, 0.3) is 10.9 Å². The fourth-order valence-corrected chi connectivity index (χ4v) is 4.82. The van der Waals surface area contributed by atoms with Crippen LogP contribution in [0.4, 0.5) is 14.9 Å². The number of anilines is 1. The molecular formula is C20H28FN7O3. The van der Waals surface area contributed by atoms with Crippen LogP contribution >= 0.6 is 0 Å². The molecule has 1 saturated heterocycles. The first-order valence-electron chi connectivity index (χ1n) is 10.4. The fourth-order valence-electron chi connectivity index (χ4n) is 4.82. The number of carbonyl (C=O) groups excluding carboxylic acids is 1. The second kappa shape index (κ2) is 7.56. The number of hydrogen-bond donors (Lipinski definition) is 4. The van der Waals surface area contributed by atoms with Gasteiger partial charge in [-0.15, -0.1) is 0 Å². The molecule has 31 heavy (non-hydrogen) atoms. The Bertz CT molecular complexity index is 1170. The number of hydrogen-bond acceptors (Lipinski definition) is 6. The number of halogens is 1. The molecule has 0 unspecified atom stereocenters. The first-order valence-corrected chi connectivity index (χ1v) is 10.4. The van der Waals surface area contributed by atoms with E-state index in [4.69, 9.17) is 17.3 Å². The van der Waals surface area contributed by atoms with Crippen molar-refractivity contribution in [1.29, 1.82) is 0 Å². The van der Waals surface area contributed by atoms with E-state index in [0.717, 1.165) is 12.8 Å². The van der Waals surface area contributed by atoms with Crippen molar-refractivity contribution < 1.29 is 9.18 Å². The number of aryl methyl sites for hydroxylation is 1. The number of benzene rings is 1. The normalized spacial score (nSPS) is 22.1. The van der Waals surface area contributed by atoms with E-state index >= 15 is 4.39 Å². The van der Waals surface area contributed by atoms with E-state index in [9.17, 15) is 14.4 Å². The van der Waals surface area contributed by atoms with Crippen molar-refractivity contribution in [3.05, 3.63) is 38.3 Å². The molecule has 2 heterocycles. The number of nitrogens with zero attached hydrogens (tertiary/aromatic N) is 3. The van der Waals surface area contributed by atoms with Crippen molar-refractivity contribution in [2.45, 2.75) is 38.8 Å². The van der Waals surface area contributed by atoms with E-state index in [-0.39, 0.29) is 35.9 Å². The molecule has 11 heteroatoms.